The zero-order valence-electron chi connectivity index (χ0n) is 16.1. The van der Waals surface area contributed by atoms with Crippen LogP contribution in [0, 0.1) is 0 Å². The van der Waals surface area contributed by atoms with Gasteiger partial charge in [0.1, 0.15) is 17.0 Å². The molecule has 30 heavy (non-hydrogen) atoms. The molecule has 0 spiro atoms. The van der Waals surface area contributed by atoms with Crippen LogP contribution in [0.15, 0.2) is 48.7 Å². The number of para-hydroxylation sites is 1. The van der Waals surface area contributed by atoms with Gasteiger partial charge in [-0.1, -0.05) is 41.4 Å². The van der Waals surface area contributed by atoms with E-state index < -0.39 is 0 Å². The SMILES string of the molecule is COc1cc(OC)c(Cl)c(-c2cc3cnc(N)nc3c(Nc3ccccc3)n2)c1Cl. The van der Waals surface area contributed by atoms with Gasteiger partial charge < -0.3 is 20.5 Å². The van der Waals surface area contributed by atoms with E-state index >= 15 is 0 Å². The number of ether oxygens (including phenoxy) is 2. The lowest BCUT2D eigenvalue weighted by molar-refractivity contribution is 0.395. The summed E-state index contributed by atoms with van der Waals surface area (Å²) >= 11 is 13.2. The molecule has 2 aromatic carbocycles. The molecule has 0 saturated heterocycles. The lowest BCUT2D eigenvalue weighted by atomic mass is 10.1. The van der Waals surface area contributed by atoms with E-state index in [1.165, 1.54) is 14.2 Å². The normalized spacial score (nSPS) is 10.8. The van der Waals surface area contributed by atoms with Crippen LogP contribution in [0.2, 0.25) is 10.0 Å². The molecule has 0 aliphatic carbocycles. The highest BCUT2D eigenvalue weighted by Crippen LogP contribution is 2.46. The monoisotopic (exact) mass is 441 g/mol. The molecular weight excluding hydrogens is 425 g/mol. The van der Waals surface area contributed by atoms with Gasteiger partial charge in [-0.3, -0.25) is 0 Å². The second-order valence-corrected chi connectivity index (χ2v) is 7.05. The number of nitrogens with one attached hydrogen (secondary N) is 1. The van der Waals surface area contributed by atoms with Gasteiger partial charge in [0.25, 0.3) is 0 Å². The quantitative estimate of drug-likeness (QED) is 0.431. The minimum absolute atomic E-state index is 0.146. The fourth-order valence-corrected chi connectivity index (χ4v) is 3.73. The number of nitrogen functional groups attached to an aromatic ring is 1. The van der Waals surface area contributed by atoms with Gasteiger partial charge in [-0.2, -0.15) is 0 Å². The molecule has 4 aromatic rings. The van der Waals surface area contributed by atoms with Crippen LogP contribution < -0.4 is 20.5 Å². The Morgan fingerprint density at radius 3 is 2.23 bits per heavy atom. The van der Waals surface area contributed by atoms with Crippen molar-refractivity contribution in [2.45, 2.75) is 0 Å². The Morgan fingerprint density at radius 1 is 0.933 bits per heavy atom. The van der Waals surface area contributed by atoms with Crippen LogP contribution in [0.3, 0.4) is 0 Å². The molecule has 0 atom stereocenters. The van der Waals surface area contributed by atoms with Crippen LogP contribution in [0.4, 0.5) is 17.5 Å². The number of halogens is 2. The topological polar surface area (TPSA) is 95.2 Å². The van der Waals surface area contributed by atoms with Crippen molar-refractivity contribution in [2.75, 3.05) is 25.3 Å². The van der Waals surface area contributed by atoms with Crippen LogP contribution in [0.1, 0.15) is 0 Å². The van der Waals surface area contributed by atoms with Crippen molar-refractivity contribution in [3.8, 4) is 22.8 Å². The van der Waals surface area contributed by atoms with E-state index in [9.17, 15) is 0 Å². The Hall–Kier alpha value is -3.29. The molecule has 0 radical (unpaired) electrons. The van der Waals surface area contributed by atoms with Crippen molar-refractivity contribution in [1.82, 2.24) is 15.0 Å². The van der Waals surface area contributed by atoms with Crippen molar-refractivity contribution < 1.29 is 9.47 Å². The molecule has 0 aliphatic rings. The van der Waals surface area contributed by atoms with E-state index in [4.69, 9.17) is 43.4 Å². The zero-order valence-corrected chi connectivity index (χ0v) is 17.6. The number of methoxy groups -OCH3 is 2. The molecule has 0 unspecified atom stereocenters. The molecule has 3 N–H and O–H groups in total. The number of hydrogen-bond donors (Lipinski definition) is 2. The smallest absolute Gasteiger partial charge is 0.220 e. The van der Waals surface area contributed by atoms with Crippen molar-refractivity contribution in [3.05, 3.63) is 58.7 Å². The van der Waals surface area contributed by atoms with Crippen LogP contribution >= 0.6 is 23.2 Å². The minimum Gasteiger partial charge on any atom is -0.495 e. The first kappa shape index (κ1) is 20.0. The third-order valence-corrected chi connectivity index (χ3v) is 5.20. The van der Waals surface area contributed by atoms with Gasteiger partial charge in [0.2, 0.25) is 5.95 Å². The summed E-state index contributed by atoms with van der Waals surface area (Å²) in [5.41, 5.74) is 8.19. The van der Waals surface area contributed by atoms with Gasteiger partial charge in [0.05, 0.1) is 30.0 Å². The Morgan fingerprint density at radius 2 is 1.60 bits per heavy atom. The molecule has 2 heterocycles. The molecule has 2 aromatic heterocycles. The highest BCUT2D eigenvalue weighted by atomic mass is 35.5. The fraction of sp³-hybridized carbons (Fsp3) is 0.0952. The number of rotatable bonds is 5. The second-order valence-electron chi connectivity index (χ2n) is 6.30. The summed E-state index contributed by atoms with van der Waals surface area (Å²) in [6.07, 6.45) is 1.62. The largest absolute Gasteiger partial charge is 0.495 e. The Bertz CT molecular complexity index is 1210. The number of aromatic nitrogens is 3. The number of nitrogens with zero attached hydrogens (tertiary/aromatic N) is 3. The Balaban J connectivity index is 1.98. The first-order chi connectivity index (χ1) is 14.5. The van der Waals surface area contributed by atoms with Crippen molar-refractivity contribution >= 4 is 51.6 Å². The maximum atomic E-state index is 6.59. The molecule has 7 nitrogen and oxygen atoms in total. The first-order valence-corrected chi connectivity index (χ1v) is 9.63. The van der Waals surface area contributed by atoms with E-state index in [-0.39, 0.29) is 5.95 Å². The zero-order chi connectivity index (χ0) is 21.3. The summed E-state index contributed by atoms with van der Waals surface area (Å²) in [5.74, 6) is 1.46. The van der Waals surface area contributed by atoms with Gasteiger partial charge in [-0.15, -0.1) is 0 Å². The van der Waals surface area contributed by atoms with Gasteiger partial charge in [0, 0.05) is 28.9 Å². The third-order valence-electron chi connectivity index (χ3n) is 4.45. The molecule has 0 amide bonds. The standard InChI is InChI=1S/C21H17Cl2N5O2/c1-29-14-9-15(30-2)18(23)16(17(14)22)13-8-11-10-25-21(24)28-19(11)20(27-13)26-12-6-4-3-5-7-12/h3-10H,1-2H3,(H,26,27)(H2,24,25,28). The summed E-state index contributed by atoms with van der Waals surface area (Å²) in [4.78, 5) is 13.2. The summed E-state index contributed by atoms with van der Waals surface area (Å²) in [6.45, 7) is 0. The molecular formula is C21H17Cl2N5O2. The number of benzene rings is 2. The molecule has 0 aliphatic heterocycles. The highest BCUT2D eigenvalue weighted by molar-refractivity contribution is 6.41. The highest BCUT2D eigenvalue weighted by Gasteiger charge is 2.21. The molecule has 0 bridgehead atoms. The van der Waals surface area contributed by atoms with Crippen molar-refractivity contribution in [1.29, 1.82) is 0 Å². The predicted molar refractivity (Wildman–Crippen MR) is 120 cm³/mol. The number of anilines is 3. The van der Waals surface area contributed by atoms with Gasteiger partial charge in [-0.25, -0.2) is 15.0 Å². The lowest BCUT2D eigenvalue weighted by Gasteiger charge is -2.16. The van der Waals surface area contributed by atoms with Gasteiger partial charge in [0.15, 0.2) is 5.82 Å². The average molecular weight is 442 g/mol. The summed E-state index contributed by atoms with van der Waals surface area (Å²) < 4.78 is 10.8. The summed E-state index contributed by atoms with van der Waals surface area (Å²) in [7, 11) is 3.04. The number of hydrogen-bond acceptors (Lipinski definition) is 7. The number of nitrogens with two attached hydrogens (primary N) is 1. The Labute approximate surface area is 182 Å². The maximum Gasteiger partial charge on any atom is 0.220 e. The van der Waals surface area contributed by atoms with Gasteiger partial charge in [-0.05, 0) is 18.2 Å². The Kier molecular flexibility index (Phi) is 5.48. The average Bonchev–Trinajstić information content (AvgIpc) is 2.75. The van der Waals surface area contributed by atoms with Crippen LogP contribution in [0.25, 0.3) is 22.2 Å². The van der Waals surface area contributed by atoms with Crippen molar-refractivity contribution in [2.24, 2.45) is 0 Å². The first-order valence-electron chi connectivity index (χ1n) is 8.87. The van der Waals surface area contributed by atoms with E-state index in [2.05, 4.69) is 15.3 Å². The van der Waals surface area contributed by atoms with E-state index in [1.807, 2.05) is 30.3 Å². The van der Waals surface area contributed by atoms with Crippen LogP contribution in [-0.4, -0.2) is 29.2 Å². The molecule has 152 valence electrons. The van der Waals surface area contributed by atoms with Gasteiger partial charge >= 0.3 is 0 Å². The maximum absolute atomic E-state index is 6.59. The van der Waals surface area contributed by atoms with E-state index in [0.29, 0.717) is 49.5 Å². The van der Waals surface area contributed by atoms with E-state index in [0.717, 1.165) is 5.69 Å². The predicted octanol–water partition coefficient (Wildman–Crippen LogP) is 5.34. The van der Waals surface area contributed by atoms with E-state index in [1.54, 1.807) is 18.3 Å². The molecule has 9 heteroatoms. The third kappa shape index (κ3) is 3.65. The molecule has 4 rings (SSSR count). The van der Waals surface area contributed by atoms with Crippen LogP contribution in [-0.2, 0) is 0 Å². The number of fused-ring (bicyclic) bond motifs is 1. The summed E-state index contributed by atoms with van der Waals surface area (Å²) in [5, 5.41) is 4.62. The lowest BCUT2D eigenvalue weighted by Crippen LogP contribution is -2.02. The van der Waals surface area contributed by atoms with Crippen LogP contribution in [0.5, 0.6) is 11.5 Å². The molecule has 0 fully saturated rings. The van der Waals surface area contributed by atoms with Crippen molar-refractivity contribution in [3.63, 3.8) is 0 Å². The minimum atomic E-state index is 0.146. The number of pyridine rings is 1. The summed E-state index contributed by atoms with van der Waals surface area (Å²) in [6, 6.07) is 13.0. The molecule has 0 saturated carbocycles. The fourth-order valence-electron chi connectivity index (χ4n) is 3.04. The second kappa shape index (κ2) is 8.22.